The third-order valence-electron chi connectivity index (χ3n) is 7.74. The molecule has 2 amide bonds. The normalized spacial score (nSPS) is 36.0. The first-order valence-electron chi connectivity index (χ1n) is 11.7. The molecular formula is C23H36N2O4. The van der Waals surface area contributed by atoms with Gasteiger partial charge in [0.25, 0.3) is 5.91 Å². The van der Waals surface area contributed by atoms with Crippen LogP contribution in [0.2, 0.25) is 0 Å². The van der Waals surface area contributed by atoms with E-state index in [2.05, 4.69) is 0 Å². The molecule has 4 unspecified atom stereocenters. The van der Waals surface area contributed by atoms with Crippen LogP contribution in [0.5, 0.6) is 0 Å². The summed E-state index contributed by atoms with van der Waals surface area (Å²) in [5.41, 5.74) is 0. The van der Waals surface area contributed by atoms with E-state index in [4.69, 9.17) is 4.74 Å². The molecule has 29 heavy (non-hydrogen) atoms. The molecule has 2 aliphatic carbocycles. The maximum atomic E-state index is 13.3. The lowest BCUT2D eigenvalue weighted by Gasteiger charge is -2.54. The summed E-state index contributed by atoms with van der Waals surface area (Å²) in [4.78, 5) is 42.8. The number of hydrogen-bond acceptors (Lipinski definition) is 4. The summed E-state index contributed by atoms with van der Waals surface area (Å²) in [7, 11) is 0. The maximum absolute atomic E-state index is 13.3. The van der Waals surface area contributed by atoms with E-state index in [9.17, 15) is 14.4 Å². The Labute approximate surface area is 174 Å². The van der Waals surface area contributed by atoms with Gasteiger partial charge >= 0.3 is 0 Å². The van der Waals surface area contributed by atoms with Crippen molar-refractivity contribution in [3.8, 4) is 0 Å². The topological polar surface area (TPSA) is 66.9 Å². The highest BCUT2D eigenvalue weighted by Gasteiger charge is 2.49. The Kier molecular flexibility index (Phi) is 6.28. The number of carbonyl (C=O) groups excluding carboxylic acids is 3. The molecule has 4 rings (SSSR count). The van der Waals surface area contributed by atoms with E-state index in [1.807, 2.05) is 16.7 Å². The second-order valence-electron chi connectivity index (χ2n) is 9.65. The second kappa shape index (κ2) is 8.75. The number of piperazine rings is 1. The molecule has 4 aliphatic rings. The molecule has 2 heterocycles. The van der Waals surface area contributed by atoms with Gasteiger partial charge in [0.2, 0.25) is 5.91 Å². The van der Waals surface area contributed by atoms with Gasteiger partial charge in [-0.3, -0.25) is 14.4 Å². The summed E-state index contributed by atoms with van der Waals surface area (Å²) in [5, 5.41) is 0. The van der Waals surface area contributed by atoms with E-state index in [0.717, 1.165) is 51.4 Å². The third-order valence-corrected chi connectivity index (χ3v) is 7.74. The number of ether oxygens (including phenoxy) is 1. The van der Waals surface area contributed by atoms with Gasteiger partial charge in [-0.1, -0.05) is 19.3 Å². The molecule has 2 aliphatic heterocycles. The molecule has 5 atom stereocenters. The predicted octanol–water partition coefficient (Wildman–Crippen LogP) is 2.93. The van der Waals surface area contributed by atoms with E-state index in [0.29, 0.717) is 25.4 Å². The van der Waals surface area contributed by atoms with Crippen LogP contribution in [0.1, 0.15) is 78.1 Å². The van der Waals surface area contributed by atoms with Crippen LogP contribution >= 0.6 is 0 Å². The van der Waals surface area contributed by atoms with E-state index in [-0.39, 0.29) is 47.9 Å². The third kappa shape index (κ3) is 4.10. The van der Waals surface area contributed by atoms with Crippen molar-refractivity contribution in [2.45, 2.75) is 102 Å². The molecule has 0 radical (unpaired) electrons. The molecule has 162 valence electrons. The van der Waals surface area contributed by atoms with Crippen LogP contribution < -0.4 is 0 Å². The number of carbonyl (C=O) groups is 3. The fraction of sp³-hybridized carbons (Fsp3) is 0.870. The van der Waals surface area contributed by atoms with Gasteiger partial charge < -0.3 is 14.5 Å². The zero-order valence-corrected chi connectivity index (χ0v) is 18.0. The average Bonchev–Trinajstić information content (AvgIpc) is 3.27. The second-order valence-corrected chi connectivity index (χ2v) is 9.65. The predicted molar refractivity (Wildman–Crippen MR) is 109 cm³/mol. The van der Waals surface area contributed by atoms with Crippen molar-refractivity contribution in [1.29, 1.82) is 0 Å². The molecule has 2 saturated carbocycles. The van der Waals surface area contributed by atoms with Gasteiger partial charge in [-0.25, -0.2) is 0 Å². The zero-order valence-electron chi connectivity index (χ0n) is 18.0. The standard InChI is InChI=1S/C23H36N2O4/c1-15-14-24(23(28)21-9-6-12-29-21)20-13-18(10-11-19(20)25(15)16(2)26)22(27)17-7-4-3-5-8-17/h15,17-21H,3-14H2,1-2H3/t15-,18?,19?,20?,21?/m0/s1. The highest BCUT2D eigenvalue weighted by molar-refractivity contribution is 5.85. The number of fused-ring (bicyclic) bond motifs is 1. The highest BCUT2D eigenvalue weighted by atomic mass is 16.5. The molecule has 6 nitrogen and oxygen atoms in total. The summed E-state index contributed by atoms with van der Waals surface area (Å²) in [6.07, 6.45) is 9.34. The lowest BCUT2D eigenvalue weighted by atomic mass is 9.72. The van der Waals surface area contributed by atoms with Crippen LogP contribution in [0.3, 0.4) is 0 Å². The van der Waals surface area contributed by atoms with Crippen LogP contribution in [-0.2, 0) is 19.1 Å². The Morgan fingerprint density at radius 3 is 2.28 bits per heavy atom. The van der Waals surface area contributed by atoms with Gasteiger partial charge in [-0.15, -0.1) is 0 Å². The van der Waals surface area contributed by atoms with Crippen LogP contribution in [0, 0.1) is 11.8 Å². The molecule has 0 bridgehead atoms. The number of rotatable bonds is 3. The fourth-order valence-electron chi connectivity index (χ4n) is 6.36. The van der Waals surface area contributed by atoms with Gasteiger partial charge in [-0.2, -0.15) is 0 Å². The van der Waals surface area contributed by atoms with Crippen molar-refractivity contribution in [2.24, 2.45) is 11.8 Å². The van der Waals surface area contributed by atoms with Crippen LogP contribution in [0.15, 0.2) is 0 Å². The molecule has 0 N–H and O–H groups in total. The number of amides is 2. The lowest BCUT2D eigenvalue weighted by molar-refractivity contribution is -0.161. The van der Waals surface area contributed by atoms with E-state index in [1.165, 1.54) is 6.42 Å². The lowest BCUT2D eigenvalue weighted by Crippen LogP contribution is -2.68. The van der Waals surface area contributed by atoms with Crippen LogP contribution in [-0.4, -0.2) is 64.8 Å². The Hall–Kier alpha value is -1.43. The maximum Gasteiger partial charge on any atom is 0.252 e. The largest absolute Gasteiger partial charge is 0.368 e. The van der Waals surface area contributed by atoms with Gasteiger partial charge in [0.15, 0.2) is 0 Å². The van der Waals surface area contributed by atoms with Crippen LogP contribution in [0.25, 0.3) is 0 Å². The van der Waals surface area contributed by atoms with Gasteiger partial charge in [0, 0.05) is 38.0 Å². The summed E-state index contributed by atoms with van der Waals surface area (Å²) < 4.78 is 5.69. The Morgan fingerprint density at radius 2 is 1.62 bits per heavy atom. The molecule has 2 saturated heterocycles. The first kappa shape index (κ1) is 20.8. The smallest absolute Gasteiger partial charge is 0.252 e. The Bertz CT molecular complexity index is 639. The first-order valence-corrected chi connectivity index (χ1v) is 11.7. The SMILES string of the molecule is CC(=O)N1C2CCC(C(=O)C3CCCCC3)CC2N(C(=O)C2CCCO2)C[C@@H]1C. The quantitative estimate of drug-likeness (QED) is 0.725. The molecule has 0 spiro atoms. The van der Waals surface area contributed by atoms with Gasteiger partial charge in [0.05, 0.1) is 12.1 Å². The molecule has 6 heteroatoms. The zero-order chi connectivity index (χ0) is 20.5. The minimum atomic E-state index is -0.346. The summed E-state index contributed by atoms with van der Waals surface area (Å²) in [6.45, 7) is 4.86. The molecule has 0 aromatic heterocycles. The average molecular weight is 405 g/mol. The summed E-state index contributed by atoms with van der Waals surface area (Å²) in [6, 6.07) is -0.0280. The summed E-state index contributed by atoms with van der Waals surface area (Å²) >= 11 is 0. The molecular weight excluding hydrogens is 368 g/mol. The van der Waals surface area contributed by atoms with Crippen molar-refractivity contribution >= 4 is 17.6 Å². The van der Waals surface area contributed by atoms with Crippen LogP contribution in [0.4, 0.5) is 0 Å². The summed E-state index contributed by atoms with van der Waals surface area (Å²) in [5.74, 6) is 0.799. The molecule has 0 aromatic rings. The van der Waals surface area contributed by atoms with Crippen molar-refractivity contribution in [1.82, 2.24) is 9.80 Å². The number of nitrogens with zero attached hydrogens (tertiary/aromatic N) is 2. The van der Waals surface area contributed by atoms with E-state index < -0.39 is 0 Å². The van der Waals surface area contributed by atoms with Crippen molar-refractivity contribution in [2.75, 3.05) is 13.2 Å². The minimum Gasteiger partial charge on any atom is -0.368 e. The van der Waals surface area contributed by atoms with Crippen molar-refractivity contribution in [3.63, 3.8) is 0 Å². The number of ketones is 1. The molecule has 4 fully saturated rings. The number of hydrogen-bond donors (Lipinski definition) is 0. The van der Waals surface area contributed by atoms with Gasteiger partial charge in [-0.05, 0) is 51.9 Å². The number of Topliss-reactive ketones (excluding diaryl/α,β-unsaturated/α-hetero) is 1. The highest BCUT2D eigenvalue weighted by Crippen LogP contribution is 2.39. The Balaban J connectivity index is 1.54. The van der Waals surface area contributed by atoms with E-state index in [1.54, 1.807) is 6.92 Å². The minimum absolute atomic E-state index is 0.00435. The first-order chi connectivity index (χ1) is 14.0. The fourth-order valence-corrected chi connectivity index (χ4v) is 6.36. The van der Waals surface area contributed by atoms with Crippen molar-refractivity contribution < 1.29 is 19.1 Å². The Morgan fingerprint density at radius 1 is 0.862 bits per heavy atom. The monoisotopic (exact) mass is 404 g/mol. The van der Waals surface area contributed by atoms with Crippen molar-refractivity contribution in [3.05, 3.63) is 0 Å². The van der Waals surface area contributed by atoms with E-state index >= 15 is 0 Å². The van der Waals surface area contributed by atoms with Gasteiger partial charge in [0.1, 0.15) is 11.9 Å². The molecule has 0 aromatic carbocycles.